The van der Waals surface area contributed by atoms with Gasteiger partial charge >= 0.3 is 0 Å². The second kappa shape index (κ2) is 4.99. The van der Waals surface area contributed by atoms with Crippen LogP contribution in [0.3, 0.4) is 0 Å². The van der Waals surface area contributed by atoms with Crippen LogP contribution in [0.1, 0.15) is 5.56 Å². The number of aromatic nitrogens is 2. The summed E-state index contributed by atoms with van der Waals surface area (Å²) < 4.78 is 2.68. The Morgan fingerprint density at radius 1 is 1.50 bits per heavy atom. The van der Waals surface area contributed by atoms with Crippen molar-refractivity contribution in [2.24, 2.45) is 0 Å². The highest BCUT2D eigenvalue weighted by molar-refractivity contribution is 9.10. The van der Waals surface area contributed by atoms with Crippen molar-refractivity contribution in [1.29, 1.82) is 0 Å². The van der Waals surface area contributed by atoms with E-state index in [0.29, 0.717) is 5.02 Å². The van der Waals surface area contributed by atoms with Crippen LogP contribution < -0.4 is 5.32 Å². The summed E-state index contributed by atoms with van der Waals surface area (Å²) in [6, 6.07) is 5.95. The van der Waals surface area contributed by atoms with E-state index in [1.54, 1.807) is 10.9 Å². The van der Waals surface area contributed by atoms with Crippen LogP contribution in [-0.4, -0.2) is 16.8 Å². The van der Waals surface area contributed by atoms with Crippen molar-refractivity contribution in [2.45, 2.75) is 6.54 Å². The summed E-state index contributed by atoms with van der Waals surface area (Å²) in [4.78, 5) is 0. The summed E-state index contributed by atoms with van der Waals surface area (Å²) in [5, 5.41) is 7.98. The zero-order chi connectivity index (χ0) is 11.5. The molecule has 0 fully saturated rings. The average Bonchev–Trinajstić information content (AvgIpc) is 2.65. The monoisotopic (exact) mass is 299 g/mol. The molecule has 1 aromatic heterocycles. The first-order valence-corrected chi connectivity index (χ1v) is 6.01. The van der Waals surface area contributed by atoms with Crippen molar-refractivity contribution in [1.82, 2.24) is 15.1 Å². The van der Waals surface area contributed by atoms with Crippen molar-refractivity contribution >= 4 is 27.5 Å². The van der Waals surface area contributed by atoms with Crippen molar-refractivity contribution in [3.8, 4) is 5.69 Å². The molecule has 0 saturated heterocycles. The molecule has 0 spiro atoms. The van der Waals surface area contributed by atoms with Gasteiger partial charge in [-0.05, 0) is 40.7 Å². The van der Waals surface area contributed by atoms with E-state index in [4.69, 9.17) is 11.6 Å². The van der Waals surface area contributed by atoms with Crippen LogP contribution in [0.25, 0.3) is 5.69 Å². The number of halogens is 2. The van der Waals surface area contributed by atoms with Crippen molar-refractivity contribution < 1.29 is 0 Å². The molecule has 0 aliphatic heterocycles. The van der Waals surface area contributed by atoms with Gasteiger partial charge in [0.25, 0.3) is 0 Å². The second-order valence-corrected chi connectivity index (χ2v) is 4.74. The number of hydrogen-bond donors (Lipinski definition) is 1. The molecule has 1 N–H and O–H groups in total. The molecule has 0 aliphatic carbocycles. The van der Waals surface area contributed by atoms with Crippen LogP contribution in [0.4, 0.5) is 0 Å². The molecule has 84 valence electrons. The zero-order valence-corrected chi connectivity index (χ0v) is 11.1. The largest absolute Gasteiger partial charge is 0.316 e. The van der Waals surface area contributed by atoms with E-state index in [9.17, 15) is 0 Å². The molecule has 0 saturated carbocycles. The Hall–Kier alpha value is -0.840. The van der Waals surface area contributed by atoms with Gasteiger partial charge in [0, 0.05) is 12.7 Å². The molecule has 0 aliphatic rings. The van der Waals surface area contributed by atoms with Crippen molar-refractivity contribution in [2.75, 3.05) is 7.05 Å². The molecule has 2 aromatic rings. The molecule has 0 bridgehead atoms. The third-order valence-corrected chi connectivity index (χ3v) is 2.90. The third-order valence-electron chi connectivity index (χ3n) is 2.19. The number of benzene rings is 1. The highest BCUT2D eigenvalue weighted by atomic mass is 79.9. The first-order chi connectivity index (χ1) is 7.70. The number of hydrogen-bond acceptors (Lipinski definition) is 2. The SMILES string of the molecule is CNCc1ccc(-n2cc(Br)cn2)c(Cl)c1. The summed E-state index contributed by atoms with van der Waals surface area (Å²) >= 11 is 9.56. The fraction of sp³-hybridized carbons (Fsp3) is 0.182. The van der Waals surface area contributed by atoms with Gasteiger partial charge in [0.05, 0.1) is 21.4 Å². The third kappa shape index (κ3) is 2.45. The van der Waals surface area contributed by atoms with Crippen LogP contribution in [0.5, 0.6) is 0 Å². The van der Waals surface area contributed by atoms with E-state index in [1.807, 2.05) is 31.4 Å². The summed E-state index contributed by atoms with van der Waals surface area (Å²) in [6.07, 6.45) is 3.61. The predicted molar refractivity (Wildman–Crippen MR) is 69.0 cm³/mol. The van der Waals surface area contributed by atoms with E-state index in [1.165, 1.54) is 0 Å². The van der Waals surface area contributed by atoms with Crippen molar-refractivity contribution in [3.05, 3.63) is 45.7 Å². The molecule has 0 atom stereocenters. The maximum Gasteiger partial charge on any atom is 0.0832 e. The lowest BCUT2D eigenvalue weighted by molar-refractivity contribution is 0.815. The zero-order valence-electron chi connectivity index (χ0n) is 8.74. The second-order valence-electron chi connectivity index (χ2n) is 3.42. The standard InChI is InChI=1S/C11H11BrClN3/c1-14-5-8-2-3-11(10(13)4-8)16-7-9(12)6-15-16/h2-4,6-7,14H,5H2,1H3. The lowest BCUT2D eigenvalue weighted by Gasteiger charge is -2.06. The van der Waals surface area contributed by atoms with Crippen LogP contribution in [0, 0.1) is 0 Å². The minimum atomic E-state index is 0.698. The van der Waals surface area contributed by atoms with Crippen LogP contribution >= 0.6 is 27.5 Å². The Morgan fingerprint density at radius 2 is 2.31 bits per heavy atom. The van der Waals surface area contributed by atoms with Gasteiger partial charge < -0.3 is 5.32 Å². The van der Waals surface area contributed by atoms with E-state index < -0.39 is 0 Å². The minimum absolute atomic E-state index is 0.698. The van der Waals surface area contributed by atoms with Gasteiger partial charge in [-0.1, -0.05) is 17.7 Å². The smallest absolute Gasteiger partial charge is 0.0832 e. The first-order valence-electron chi connectivity index (χ1n) is 4.84. The Labute approximate surface area is 108 Å². The molecule has 16 heavy (non-hydrogen) atoms. The van der Waals surface area contributed by atoms with Gasteiger partial charge in [0.1, 0.15) is 0 Å². The first kappa shape index (κ1) is 11.6. The Bertz CT molecular complexity index is 496. The Balaban J connectivity index is 2.36. The molecular formula is C11H11BrClN3. The molecule has 0 amide bonds. The molecule has 3 nitrogen and oxygen atoms in total. The van der Waals surface area contributed by atoms with Gasteiger partial charge in [-0.3, -0.25) is 0 Å². The molecule has 0 unspecified atom stereocenters. The highest BCUT2D eigenvalue weighted by Gasteiger charge is 2.05. The Morgan fingerprint density at radius 3 is 2.88 bits per heavy atom. The van der Waals surface area contributed by atoms with E-state index in [-0.39, 0.29) is 0 Å². The molecule has 1 aromatic carbocycles. The van der Waals surface area contributed by atoms with Gasteiger partial charge in [0.15, 0.2) is 0 Å². The Kier molecular flexibility index (Phi) is 3.63. The van der Waals surface area contributed by atoms with Crippen LogP contribution in [0.2, 0.25) is 5.02 Å². The van der Waals surface area contributed by atoms with Crippen LogP contribution in [-0.2, 0) is 6.54 Å². The summed E-state index contributed by atoms with van der Waals surface area (Å²) in [5.74, 6) is 0. The molecule has 5 heteroatoms. The minimum Gasteiger partial charge on any atom is -0.316 e. The van der Waals surface area contributed by atoms with Gasteiger partial charge in [-0.25, -0.2) is 4.68 Å². The molecule has 0 radical (unpaired) electrons. The number of rotatable bonds is 3. The van der Waals surface area contributed by atoms with E-state index >= 15 is 0 Å². The summed E-state index contributed by atoms with van der Waals surface area (Å²) in [7, 11) is 1.91. The lowest BCUT2D eigenvalue weighted by atomic mass is 10.2. The topological polar surface area (TPSA) is 29.9 Å². The normalized spacial score (nSPS) is 10.7. The molecule has 1 heterocycles. The lowest BCUT2D eigenvalue weighted by Crippen LogP contribution is -2.05. The van der Waals surface area contributed by atoms with E-state index in [2.05, 4.69) is 26.3 Å². The quantitative estimate of drug-likeness (QED) is 0.944. The maximum absolute atomic E-state index is 6.20. The van der Waals surface area contributed by atoms with E-state index in [0.717, 1.165) is 22.3 Å². The number of nitrogens with zero attached hydrogens (tertiary/aromatic N) is 2. The van der Waals surface area contributed by atoms with Crippen molar-refractivity contribution in [3.63, 3.8) is 0 Å². The summed E-state index contributed by atoms with van der Waals surface area (Å²) in [6.45, 7) is 0.808. The predicted octanol–water partition coefficient (Wildman–Crippen LogP) is 3.01. The highest BCUT2D eigenvalue weighted by Crippen LogP contribution is 2.22. The fourth-order valence-electron chi connectivity index (χ4n) is 1.48. The van der Waals surface area contributed by atoms with Gasteiger partial charge in [-0.2, -0.15) is 5.10 Å². The molecule has 2 rings (SSSR count). The average molecular weight is 301 g/mol. The fourth-order valence-corrected chi connectivity index (χ4v) is 2.06. The molecular weight excluding hydrogens is 289 g/mol. The number of nitrogens with one attached hydrogen (secondary N) is 1. The van der Waals surface area contributed by atoms with Crippen LogP contribution in [0.15, 0.2) is 35.1 Å². The summed E-state index contributed by atoms with van der Waals surface area (Å²) in [5.41, 5.74) is 2.04. The maximum atomic E-state index is 6.20. The van der Waals surface area contributed by atoms with Gasteiger partial charge in [0.2, 0.25) is 0 Å². The van der Waals surface area contributed by atoms with Gasteiger partial charge in [-0.15, -0.1) is 0 Å².